The molecule has 1 fully saturated rings. The molecule has 0 spiro atoms. The summed E-state index contributed by atoms with van der Waals surface area (Å²) in [5, 5.41) is 9.33. The van der Waals surface area contributed by atoms with Gasteiger partial charge in [0.1, 0.15) is 0 Å². The number of hydrogen-bond acceptors (Lipinski definition) is 4. The molecule has 5 heteroatoms. The molecule has 0 bridgehead atoms. The molecular weight excluding hydrogens is 326 g/mol. The van der Waals surface area contributed by atoms with Gasteiger partial charge in [0, 0.05) is 25.7 Å². The zero-order chi connectivity index (χ0) is 18.4. The summed E-state index contributed by atoms with van der Waals surface area (Å²) in [6.45, 7) is 3.76. The van der Waals surface area contributed by atoms with E-state index >= 15 is 0 Å². The Kier molecular flexibility index (Phi) is 6.39. The van der Waals surface area contributed by atoms with Crippen LogP contribution in [0.15, 0.2) is 60.7 Å². The molecule has 0 aromatic heterocycles. The standard InChI is InChI=1S/C21H27N3O2/c1-16(20-19(12-13-25)21(26)23-22-20)24(14-17-8-4-2-5-9-17)15-18-10-6-3-7-11-18/h2-11,16,19-20,22,25H,12-15H2,1H3,(H,23,26)/t16-,19+,20-/m0/s1. The number of aliphatic hydroxyl groups excluding tert-OH is 1. The maximum Gasteiger partial charge on any atom is 0.238 e. The lowest BCUT2D eigenvalue weighted by atomic mass is 9.91. The van der Waals surface area contributed by atoms with Crippen molar-refractivity contribution in [2.75, 3.05) is 6.61 Å². The smallest absolute Gasteiger partial charge is 0.238 e. The highest BCUT2D eigenvalue weighted by Crippen LogP contribution is 2.23. The second kappa shape index (κ2) is 8.94. The van der Waals surface area contributed by atoms with E-state index in [0.717, 1.165) is 13.1 Å². The van der Waals surface area contributed by atoms with Crippen LogP contribution < -0.4 is 10.9 Å². The van der Waals surface area contributed by atoms with Gasteiger partial charge in [-0.3, -0.25) is 15.1 Å². The molecule has 3 atom stereocenters. The van der Waals surface area contributed by atoms with Crippen molar-refractivity contribution in [1.29, 1.82) is 0 Å². The van der Waals surface area contributed by atoms with Gasteiger partial charge in [-0.05, 0) is 24.5 Å². The van der Waals surface area contributed by atoms with Gasteiger partial charge in [0.2, 0.25) is 5.91 Å². The van der Waals surface area contributed by atoms with Crippen molar-refractivity contribution in [3.05, 3.63) is 71.8 Å². The van der Waals surface area contributed by atoms with E-state index in [1.807, 2.05) is 36.4 Å². The molecule has 0 saturated carbocycles. The number of benzene rings is 2. The molecular formula is C21H27N3O2. The quantitative estimate of drug-likeness (QED) is 0.680. The normalized spacial score (nSPS) is 21.0. The number of hydrogen-bond donors (Lipinski definition) is 3. The number of hydrazine groups is 1. The number of aliphatic hydroxyl groups is 1. The average Bonchev–Trinajstić information content (AvgIpc) is 3.03. The topological polar surface area (TPSA) is 64.6 Å². The third-order valence-electron chi connectivity index (χ3n) is 5.13. The van der Waals surface area contributed by atoms with Gasteiger partial charge < -0.3 is 5.11 Å². The fourth-order valence-corrected chi connectivity index (χ4v) is 3.62. The lowest BCUT2D eigenvalue weighted by Gasteiger charge is -2.34. The molecule has 1 aliphatic heterocycles. The SMILES string of the molecule is C[C@@H]([C@@H]1NNC(=O)[C@@H]1CCO)N(Cc1ccccc1)Cc1ccccc1. The van der Waals surface area contributed by atoms with Gasteiger partial charge in [0.15, 0.2) is 0 Å². The van der Waals surface area contributed by atoms with Crippen molar-refractivity contribution in [3.8, 4) is 0 Å². The first kappa shape index (κ1) is 18.6. The summed E-state index contributed by atoms with van der Waals surface area (Å²) >= 11 is 0. The number of nitrogens with zero attached hydrogens (tertiary/aromatic N) is 1. The van der Waals surface area contributed by atoms with Gasteiger partial charge >= 0.3 is 0 Å². The Labute approximate surface area is 155 Å². The molecule has 1 heterocycles. The van der Waals surface area contributed by atoms with Crippen LogP contribution in [0.2, 0.25) is 0 Å². The Balaban J connectivity index is 1.80. The van der Waals surface area contributed by atoms with E-state index in [2.05, 4.69) is 46.9 Å². The van der Waals surface area contributed by atoms with Crippen LogP contribution in [-0.2, 0) is 17.9 Å². The number of nitrogens with one attached hydrogen (secondary N) is 2. The first-order valence-corrected chi connectivity index (χ1v) is 9.17. The number of carbonyl (C=O) groups is 1. The van der Waals surface area contributed by atoms with Gasteiger partial charge in [-0.25, -0.2) is 5.43 Å². The van der Waals surface area contributed by atoms with E-state index in [1.54, 1.807) is 0 Å². The maximum absolute atomic E-state index is 12.1. The van der Waals surface area contributed by atoms with Crippen LogP contribution in [0.3, 0.4) is 0 Å². The molecule has 1 aliphatic rings. The van der Waals surface area contributed by atoms with Gasteiger partial charge in [-0.2, -0.15) is 0 Å². The highest BCUT2D eigenvalue weighted by atomic mass is 16.3. The predicted molar refractivity (Wildman–Crippen MR) is 102 cm³/mol. The minimum Gasteiger partial charge on any atom is -0.396 e. The highest BCUT2D eigenvalue weighted by molar-refractivity contribution is 5.81. The molecule has 0 radical (unpaired) electrons. The van der Waals surface area contributed by atoms with Crippen molar-refractivity contribution in [1.82, 2.24) is 15.8 Å². The number of carbonyl (C=O) groups excluding carboxylic acids is 1. The maximum atomic E-state index is 12.1. The van der Waals surface area contributed by atoms with E-state index in [1.165, 1.54) is 11.1 Å². The molecule has 0 unspecified atom stereocenters. The van der Waals surface area contributed by atoms with Crippen LogP contribution >= 0.6 is 0 Å². The zero-order valence-corrected chi connectivity index (χ0v) is 15.1. The summed E-state index contributed by atoms with van der Waals surface area (Å²) in [6.07, 6.45) is 0.471. The second-order valence-electron chi connectivity index (χ2n) is 6.89. The van der Waals surface area contributed by atoms with E-state index in [4.69, 9.17) is 0 Å². The van der Waals surface area contributed by atoms with Crippen molar-refractivity contribution in [2.45, 2.75) is 38.5 Å². The van der Waals surface area contributed by atoms with Crippen molar-refractivity contribution < 1.29 is 9.90 Å². The third kappa shape index (κ3) is 4.49. The first-order valence-electron chi connectivity index (χ1n) is 9.17. The molecule has 5 nitrogen and oxygen atoms in total. The van der Waals surface area contributed by atoms with Crippen LogP contribution in [0.5, 0.6) is 0 Å². The summed E-state index contributed by atoms with van der Waals surface area (Å²) in [5.41, 5.74) is 8.37. The van der Waals surface area contributed by atoms with Gasteiger partial charge in [0.25, 0.3) is 0 Å². The Bertz CT molecular complexity index is 651. The van der Waals surface area contributed by atoms with Crippen LogP contribution in [-0.4, -0.2) is 34.6 Å². The Morgan fingerprint density at radius 3 is 2.04 bits per heavy atom. The monoisotopic (exact) mass is 353 g/mol. The predicted octanol–water partition coefficient (Wildman–Crippen LogP) is 2.08. The third-order valence-corrected chi connectivity index (χ3v) is 5.13. The molecule has 1 saturated heterocycles. The van der Waals surface area contributed by atoms with Crippen molar-refractivity contribution in [2.24, 2.45) is 5.92 Å². The van der Waals surface area contributed by atoms with Crippen LogP contribution in [0, 0.1) is 5.92 Å². The lowest BCUT2D eigenvalue weighted by Crippen LogP contribution is -2.49. The molecule has 2 aromatic rings. The summed E-state index contributed by atoms with van der Waals surface area (Å²) < 4.78 is 0. The van der Waals surface area contributed by atoms with Crippen LogP contribution in [0.4, 0.5) is 0 Å². The van der Waals surface area contributed by atoms with Crippen LogP contribution in [0.25, 0.3) is 0 Å². The largest absolute Gasteiger partial charge is 0.396 e. The summed E-state index contributed by atoms with van der Waals surface area (Å²) in [6, 6.07) is 20.8. The number of rotatable bonds is 8. The summed E-state index contributed by atoms with van der Waals surface area (Å²) in [4.78, 5) is 14.5. The Morgan fingerprint density at radius 1 is 1.00 bits per heavy atom. The molecule has 3 rings (SSSR count). The van der Waals surface area contributed by atoms with E-state index in [9.17, 15) is 9.90 Å². The first-order chi connectivity index (χ1) is 12.7. The van der Waals surface area contributed by atoms with Gasteiger partial charge in [0.05, 0.1) is 12.0 Å². The minimum atomic E-state index is -0.218. The zero-order valence-electron chi connectivity index (χ0n) is 15.1. The Hall–Kier alpha value is -2.21. The molecule has 138 valence electrons. The van der Waals surface area contributed by atoms with Gasteiger partial charge in [-0.1, -0.05) is 60.7 Å². The fraction of sp³-hybridized carbons (Fsp3) is 0.381. The highest BCUT2D eigenvalue weighted by Gasteiger charge is 2.39. The van der Waals surface area contributed by atoms with Crippen LogP contribution in [0.1, 0.15) is 24.5 Å². The van der Waals surface area contributed by atoms with Crippen molar-refractivity contribution >= 4 is 5.91 Å². The van der Waals surface area contributed by atoms with E-state index in [-0.39, 0.29) is 30.5 Å². The summed E-state index contributed by atoms with van der Waals surface area (Å²) in [7, 11) is 0. The molecule has 0 aliphatic carbocycles. The number of amides is 1. The van der Waals surface area contributed by atoms with Crippen molar-refractivity contribution in [3.63, 3.8) is 0 Å². The molecule has 26 heavy (non-hydrogen) atoms. The average molecular weight is 353 g/mol. The van der Waals surface area contributed by atoms with Gasteiger partial charge in [-0.15, -0.1) is 0 Å². The lowest BCUT2D eigenvalue weighted by molar-refractivity contribution is -0.123. The Morgan fingerprint density at radius 2 is 1.54 bits per heavy atom. The molecule has 3 N–H and O–H groups in total. The minimum absolute atomic E-state index is 0.0142. The summed E-state index contributed by atoms with van der Waals surface area (Å²) in [5.74, 6) is -0.251. The van der Waals surface area contributed by atoms with E-state index < -0.39 is 0 Å². The molecule has 2 aromatic carbocycles. The second-order valence-corrected chi connectivity index (χ2v) is 6.89. The molecule has 1 amide bonds. The fourth-order valence-electron chi connectivity index (χ4n) is 3.62. The van der Waals surface area contributed by atoms with E-state index in [0.29, 0.717) is 6.42 Å².